The average Bonchev–Trinajstić information content (AvgIpc) is 3.51. The molecule has 45 heavy (non-hydrogen) atoms. The van der Waals surface area contributed by atoms with Crippen LogP contribution in [0.25, 0.3) is 10.8 Å². The van der Waals surface area contributed by atoms with Crippen molar-refractivity contribution >= 4 is 63.0 Å². The molecule has 1 fully saturated rings. The van der Waals surface area contributed by atoms with Gasteiger partial charge in [-0.05, 0) is 53.4 Å². The van der Waals surface area contributed by atoms with E-state index in [2.05, 4.69) is 5.32 Å². The van der Waals surface area contributed by atoms with Crippen LogP contribution in [-0.2, 0) is 20.9 Å². The molecule has 226 valence electrons. The number of aromatic nitrogens is 1. The summed E-state index contributed by atoms with van der Waals surface area (Å²) in [6.45, 7) is -0.238. The summed E-state index contributed by atoms with van der Waals surface area (Å²) >= 11 is 2.19. The zero-order chi connectivity index (χ0) is 31.2. The predicted molar refractivity (Wildman–Crippen MR) is 175 cm³/mol. The molecule has 2 aliphatic heterocycles. The molecule has 3 unspecified atom stereocenters. The van der Waals surface area contributed by atoms with E-state index < -0.39 is 17.1 Å². The number of fused-ring (bicyclic) bond motifs is 3. The molecule has 3 atom stereocenters. The van der Waals surface area contributed by atoms with E-state index >= 15 is 0 Å². The summed E-state index contributed by atoms with van der Waals surface area (Å²) in [7, 11) is 3.12. The molecule has 0 spiro atoms. The minimum atomic E-state index is -0.791. The van der Waals surface area contributed by atoms with Gasteiger partial charge in [0.15, 0.2) is 0 Å². The lowest BCUT2D eigenvalue weighted by atomic mass is 9.83. The van der Waals surface area contributed by atoms with Crippen LogP contribution in [0.4, 0.5) is 11.4 Å². The second-order valence-electron chi connectivity index (χ2n) is 10.7. The minimum Gasteiger partial charge on any atom is -0.497 e. The summed E-state index contributed by atoms with van der Waals surface area (Å²) in [5.74, 6) is -1.14. The third-order valence-corrected chi connectivity index (χ3v) is 10.8. The van der Waals surface area contributed by atoms with Crippen LogP contribution < -0.4 is 24.6 Å². The van der Waals surface area contributed by atoms with Gasteiger partial charge in [-0.25, -0.2) is 4.90 Å². The molecule has 3 heterocycles. The summed E-state index contributed by atoms with van der Waals surface area (Å²) < 4.78 is 12.0. The van der Waals surface area contributed by atoms with E-state index in [1.165, 1.54) is 21.2 Å². The Kier molecular flexibility index (Phi) is 7.42. The molecular formula is C34H27N3O6S2. The molecule has 9 nitrogen and oxygen atoms in total. The fourth-order valence-corrected chi connectivity index (χ4v) is 8.85. The Labute approximate surface area is 266 Å². The highest BCUT2D eigenvalue weighted by Gasteiger charge is 2.56. The van der Waals surface area contributed by atoms with Crippen molar-refractivity contribution in [2.45, 2.75) is 22.7 Å². The summed E-state index contributed by atoms with van der Waals surface area (Å²) in [5, 5.41) is 4.56. The number of hydrogen-bond acceptors (Lipinski definition) is 8. The third kappa shape index (κ3) is 4.98. The highest BCUT2D eigenvalue weighted by atomic mass is 32.2. The van der Waals surface area contributed by atoms with Gasteiger partial charge < -0.3 is 14.8 Å². The normalized spacial score (nSPS) is 18.9. The first-order valence-corrected chi connectivity index (χ1v) is 15.9. The first kappa shape index (κ1) is 28.9. The third-order valence-electron chi connectivity index (χ3n) is 8.22. The lowest BCUT2D eigenvalue weighted by molar-refractivity contribution is -0.122. The first-order chi connectivity index (χ1) is 21.9. The van der Waals surface area contributed by atoms with Crippen molar-refractivity contribution in [3.05, 3.63) is 111 Å². The summed E-state index contributed by atoms with van der Waals surface area (Å²) in [6, 6.07) is 27.5. The summed E-state index contributed by atoms with van der Waals surface area (Å²) in [5.41, 5.74) is 1.87. The van der Waals surface area contributed by atoms with Crippen molar-refractivity contribution in [3.8, 4) is 11.5 Å². The first-order valence-electron chi connectivity index (χ1n) is 14.2. The Morgan fingerprint density at radius 1 is 0.822 bits per heavy atom. The number of nitrogens with one attached hydrogen (secondary N) is 1. The van der Waals surface area contributed by atoms with Crippen molar-refractivity contribution < 1.29 is 23.9 Å². The summed E-state index contributed by atoms with van der Waals surface area (Å²) in [4.78, 5) is 56.5. The van der Waals surface area contributed by atoms with E-state index in [1.807, 2.05) is 54.6 Å². The predicted octanol–water partition coefficient (Wildman–Crippen LogP) is 5.51. The number of carbonyl (C=O) groups excluding carboxylic acids is 3. The zero-order valence-corrected chi connectivity index (χ0v) is 25.9. The molecule has 1 N–H and O–H groups in total. The van der Waals surface area contributed by atoms with E-state index in [9.17, 15) is 19.2 Å². The van der Waals surface area contributed by atoms with Gasteiger partial charge in [-0.1, -0.05) is 71.6 Å². The number of nitrogens with zero attached hydrogens (tertiary/aromatic N) is 2. The van der Waals surface area contributed by atoms with Gasteiger partial charge in [-0.2, -0.15) is 0 Å². The Balaban J connectivity index is 1.27. The molecule has 4 aromatic carbocycles. The topological polar surface area (TPSA) is 107 Å². The number of methoxy groups -OCH3 is 2. The largest absolute Gasteiger partial charge is 0.497 e. The average molecular weight is 638 g/mol. The molecule has 1 saturated heterocycles. The maximum atomic E-state index is 14.1. The maximum Gasteiger partial charge on any atom is 0.308 e. The molecule has 1 aromatic heterocycles. The number of carbonyl (C=O) groups is 3. The van der Waals surface area contributed by atoms with Crippen LogP contribution in [0.1, 0.15) is 16.4 Å². The Morgan fingerprint density at radius 2 is 1.49 bits per heavy atom. The standard InChI is InChI=1S/C34H27N3O6S2/c1-42-22-14-10-20(11-15-22)27-28-29(32(40)37(31(28)39)21-12-16-23(43-2)17-13-21)44-33-30(27)45-34(41)36(33)18-26(38)35-25-9-5-7-19-6-3-4-8-24(19)25/h3-17,27-29H,18H2,1-2H3,(H,35,38). The quantitative estimate of drug-likeness (QED) is 0.235. The van der Waals surface area contributed by atoms with Crippen LogP contribution in [0.5, 0.6) is 11.5 Å². The van der Waals surface area contributed by atoms with E-state index in [0.29, 0.717) is 32.8 Å². The Morgan fingerprint density at radius 3 is 2.20 bits per heavy atom. The number of benzene rings is 4. The molecule has 0 bridgehead atoms. The van der Waals surface area contributed by atoms with Crippen molar-refractivity contribution in [1.82, 2.24) is 4.57 Å². The molecular weight excluding hydrogens is 611 g/mol. The molecule has 0 saturated carbocycles. The Bertz CT molecular complexity index is 2010. The number of imide groups is 1. The van der Waals surface area contributed by atoms with Gasteiger partial charge in [0, 0.05) is 21.9 Å². The van der Waals surface area contributed by atoms with Crippen LogP contribution in [0.15, 0.2) is 101 Å². The van der Waals surface area contributed by atoms with E-state index in [4.69, 9.17) is 9.47 Å². The van der Waals surface area contributed by atoms with Crippen LogP contribution in [0.3, 0.4) is 0 Å². The highest BCUT2D eigenvalue weighted by molar-refractivity contribution is 8.00. The zero-order valence-electron chi connectivity index (χ0n) is 24.3. The van der Waals surface area contributed by atoms with Crippen LogP contribution in [0, 0.1) is 5.92 Å². The van der Waals surface area contributed by atoms with Crippen molar-refractivity contribution in [2.75, 3.05) is 24.4 Å². The summed E-state index contributed by atoms with van der Waals surface area (Å²) in [6.07, 6.45) is 0. The second kappa shape index (κ2) is 11.6. The number of hydrogen-bond donors (Lipinski definition) is 1. The lowest BCUT2D eigenvalue weighted by Crippen LogP contribution is -2.33. The molecule has 3 amide bonds. The number of anilines is 2. The van der Waals surface area contributed by atoms with E-state index in [1.54, 1.807) is 50.6 Å². The maximum absolute atomic E-state index is 14.1. The lowest BCUT2D eigenvalue weighted by Gasteiger charge is -2.30. The molecule has 7 rings (SSSR count). The van der Waals surface area contributed by atoms with E-state index in [0.717, 1.165) is 27.7 Å². The van der Waals surface area contributed by atoms with Gasteiger partial charge in [0.05, 0.1) is 30.9 Å². The monoisotopic (exact) mass is 637 g/mol. The van der Waals surface area contributed by atoms with Gasteiger partial charge in [-0.3, -0.25) is 23.7 Å². The number of amides is 3. The molecule has 5 aromatic rings. The number of thioether (sulfide) groups is 1. The van der Waals surface area contributed by atoms with E-state index in [-0.39, 0.29) is 29.1 Å². The van der Waals surface area contributed by atoms with Crippen LogP contribution in [-0.4, -0.2) is 41.8 Å². The van der Waals surface area contributed by atoms with Crippen molar-refractivity contribution in [1.29, 1.82) is 0 Å². The fourth-order valence-electron chi connectivity index (χ4n) is 6.08. The van der Waals surface area contributed by atoms with Gasteiger partial charge in [0.25, 0.3) is 0 Å². The fraction of sp³-hybridized carbons (Fsp3) is 0.176. The molecule has 11 heteroatoms. The van der Waals surface area contributed by atoms with Gasteiger partial charge in [0.2, 0.25) is 17.7 Å². The molecule has 0 aliphatic carbocycles. The van der Waals surface area contributed by atoms with Crippen LogP contribution in [0.2, 0.25) is 0 Å². The SMILES string of the molecule is COc1ccc(C2c3sc(=O)n(CC(=O)Nc4cccc5ccccc45)c3SC3C(=O)N(c4ccc(OC)cc4)C(=O)C32)cc1. The van der Waals surface area contributed by atoms with Gasteiger partial charge in [0.1, 0.15) is 23.3 Å². The number of ether oxygens (including phenoxy) is 2. The van der Waals surface area contributed by atoms with Crippen LogP contribution >= 0.6 is 23.1 Å². The van der Waals surface area contributed by atoms with Crippen molar-refractivity contribution in [3.63, 3.8) is 0 Å². The smallest absolute Gasteiger partial charge is 0.308 e. The number of rotatable bonds is 7. The van der Waals surface area contributed by atoms with Gasteiger partial charge >= 0.3 is 4.87 Å². The van der Waals surface area contributed by atoms with Gasteiger partial charge in [-0.15, -0.1) is 0 Å². The second-order valence-corrected chi connectivity index (χ2v) is 12.8. The van der Waals surface area contributed by atoms with Crippen molar-refractivity contribution in [2.24, 2.45) is 5.92 Å². The Hall–Kier alpha value is -4.87. The molecule has 0 radical (unpaired) electrons. The molecule has 2 aliphatic rings. The number of thiazole rings is 1. The minimum absolute atomic E-state index is 0.238. The highest BCUT2D eigenvalue weighted by Crippen LogP contribution is 2.54.